The van der Waals surface area contributed by atoms with Crippen molar-refractivity contribution in [3.63, 3.8) is 0 Å². The summed E-state index contributed by atoms with van der Waals surface area (Å²) in [7, 11) is 0. The molecule has 1 aromatic rings. The fraction of sp³-hybridized carbons (Fsp3) is 0.692. The van der Waals surface area contributed by atoms with Crippen LogP contribution in [0.5, 0.6) is 0 Å². The number of fused-ring (bicyclic) bond motifs is 1. The van der Waals surface area contributed by atoms with Crippen LogP contribution in [0.1, 0.15) is 30.5 Å². The van der Waals surface area contributed by atoms with Crippen LogP contribution in [0, 0.1) is 0 Å². The quantitative estimate of drug-likeness (QED) is 0.789. The Bertz CT molecular complexity index is 383. The van der Waals surface area contributed by atoms with Crippen molar-refractivity contribution in [1.82, 2.24) is 15.3 Å². The van der Waals surface area contributed by atoms with Gasteiger partial charge in [-0.25, -0.2) is 9.97 Å². The third-order valence-corrected chi connectivity index (χ3v) is 3.67. The van der Waals surface area contributed by atoms with Crippen molar-refractivity contribution < 1.29 is 0 Å². The number of aromatic nitrogens is 2. The van der Waals surface area contributed by atoms with Gasteiger partial charge in [-0.05, 0) is 44.2 Å². The molecule has 0 amide bonds. The van der Waals surface area contributed by atoms with Gasteiger partial charge >= 0.3 is 0 Å². The van der Waals surface area contributed by atoms with Crippen LogP contribution < -0.4 is 10.2 Å². The Morgan fingerprint density at radius 2 is 2.00 bits per heavy atom. The second-order valence-electron chi connectivity index (χ2n) is 4.94. The second kappa shape index (κ2) is 5.00. The number of hydrogen-bond acceptors (Lipinski definition) is 4. The molecule has 17 heavy (non-hydrogen) atoms. The van der Waals surface area contributed by atoms with Crippen molar-refractivity contribution in [1.29, 1.82) is 0 Å². The molecule has 1 aliphatic carbocycles. The maximum Gasteiger partial charge on any atom is 0.225 e. The van der Waals surface area contributed by atoms with Crippen LogP contribution in [0.4, 0.5) is 5.95 Å². The molecule has 0 unspecified atom stereocenters. The Morgan fingerprint density at radius 3 is 3.00 bits per heavy atom. The molecular formula is C13H20N4. The van der Waals surface area contributed by atoms with Crippen LogP contribution in [0.3, 0.4) is 0 Å². The molecule has 2 heterocycles. The summed E-state index contributed by atoms with van der Waals surface area (Å²) in [5.41, 5.74) is 2.66. The van der Waals surface area contributed by atoms with Gasteiger partial charge in [0.25, 0.3) is 0 Å². The Kier molecular flexibility index (Phi) is 3.22. The molecule has 92 valence electrons. The lowest BCUT2D eigenvalue weighted by molar-refractivity contribution is 0.656. The van der Waals surface area contributed by atoms with Crippen molar-refractivity contribution in [2.75, 3.05) is 31.1 Å². The van der Waals surface area contributed by atoms with Gasteiger partial charge in [0, 0.05) is 31.5 Å². The van der Waals surface area contributed by atoms with E-state index in [1.165, 1.54) is 30.5 Å². The molecule has 0 atom stereocenters. The highest BCUT2D eigenvalue weighted by Gasteiger charge is 2.16. The number of aryl methyl sites for hydroxylation is 2. The van der Waals surface area contributed by atoms with Crippen LogP contribution >= 0.6 is 0 Å². The van der Waals surface area contributed by atoms with E-state index in [9.17, 15) is 0 Å². The molecule has 1 saturated heterocycles. The van der Waals surface area contributed by atoms with Crippen LogP contribution in [-0.4, -0.2) is 36.1 Å². The molecular weight excluding hydrogens is 212 g/mol. The van der Waals surface area contributed by atoms with Crippen molar-refractivity contribution in [3.8, 4) is 0 Å². The zero-order chi connectivity index (χ0) is 11.5. The molecule has 0 radical (unpaired) electrons. The third-order valence-electron chi connectivity index (χ3n) is 3.67. The standard InChI is InChI=1S/C13H20N4/c1-2-5-12-11(4-1)10-15-13(16-12)17-8-3-6-14-7-9-17/h10,14H,1-9H2. The second-order valence-corrected chi connectivity index (χ2v) is 4.94. The molecule has 1 fully saturated rings. The Balaban J connectivity index is 1.82. The van der Waals surface area contributed by atoms with E-state index in [-0.39, 0.29) is 0 Å². The molecule has 2 aliphatic rings. The van der Waals surface area contributed by atoms with E-state index in [1.54, 1.807) is 0 Å². The van der Waals surface area contributed by atoms with E-state index < -0.39 is 0 Å². The van der Waals surface area contributed by atoms with Gasteiger partial charge in [-0.1, -0.05) is 0 Å². The van der Waals surface area contributed by atoms with Gasteiger partial charge in [-0.2, -0.15) is 0 Å². The van der Waals surface area contributed by atoms with Gasteiger partial charge < -0.3 is 10.2 Å². The number of nitrogens with zero attached hydrogens (tertiary/aromatic N) is 3. The molecule has 1 N–H and O–H groups in total. The Morgan fingerprint density at radius 1 is 1.06 bits per heavy atom. The van der Waals surface area contributed by atoms with Crippen LogP contribution in [0.25, 0.3) is 0 Å². The summed E-state index contributed by atoms with van der Waals surface area (Å²) in [5.74, 6) is 0.939. The first-order valence-corrected chi connectivity index (χ1v) is 6.74. The van der Waals surface area contributed by atoms with Crippen molar-refractivity contribution in [3.05, 3.63) is 17.5 Å². The lowest BCUT2D eigenvalue weighted by atomic mass is 9.98. The van der Waals surface area contributed by atoms with Crippen LogP contribution in [0.15, 0.2) is 6.20 Å². The zero-order valence-electron chi connectivity index (χ0n) is 10.3. The van der Waals surface area contributed by atoms with Crippen LogP contribution in [0.2, 0.25) is 0 Å². The summed E-state index contributed by atoms with van der Waals surface area (Å²) >= 11 is 0. The topological polar surface area (TPSA) is 41.1 Å². The first-order chi connectivity index (χ1) is 8.43. The number of hydrogen-bond donors (Lipinski definition) is 1. The highest BCUT2D eigenvalue weighted by molar-refractivity contribution is 5.34. The lowest BCUT2D eigenvalue weighted by Gasteiger charge is -2.22. The third kappa shape index (κ3) is 2.41. The van der Waals surface area contributed by atoms with Crippen molar-refractivity contribution in [2.24, 2.45) is 0 Å². The average molecular weight is 232 g/mol. The molecule has 0 aromatic carbocycles. The fourth-order valence-corrected chi connectivity index (χ4v) is 2.66. The first-order valence-electron chi connectivity index (χ1n) is 6.74. The Hall–Kier alpha value is -1.16. The van der Waals surface area contributed by atoms with Crippen LogP contribution in [-0.2, 0) is 12.8 Å². The lowest BCUT2D eigenvalue weighted by Crippen LogP contribution is -2.30. The van der Waals surface area contributed by atoms with Gasteiger partial charge in [0.1, 0.15) is 0 Å². The molecule has 3 rings (SSSR count). The van der Waals surface area contributed by atoms with Gasteiger partial charge in [0.05, 0.1) is 0 Å². The van der Waals surface area contributed by atoms with Gasteiger partial charge in [0.15, 0.2) is 0 Å². The normalized spacial score (nSPS) is 20.8. The highest BCUT2D eigenvalue weighted by Crippen LogP contribution is 2.20. The summed E-state index contributed by atoms with van der Waals surface area (Å²) in [6.07, 6.45) is 8.11. The first kappa shape index (κ1) is 11.0. The average Bonchev–Trinajstić information content (AvgIpc) is 2.67. The smallest absolute Gasteiger partial charge is 0.225 e. The monoisotopic (exact) mass is 232 g/mol. The summed E-state index contributed by atoms with van der Waals surface area (Å²) in [5, 5.41) is 3.41. The minimum Gasteiger partial charge on any atom is -0.339 e. The van der Waals surface area contributed by atoms with Gasteiger partial charge in [-0.15, -0.1) is 0 Å². The maximum absolute atomic E-state index is 4.77. The van der Waals surface area contributed by atoms with Crippen molar-refractivity contribution >= 4 is 5.95 Å². The van der Waals surface area contributed by atoms with E-state index in [1.807, 2.05) is 0 Å². The van der Waals surface area contributed by atoms with E-state index >= 15 is 0 Å². The number of nitrogens with one attached hydrogen (secondary N) is 1. The van der Waals surface area contributed by atoms with E-state index in [0.29, 0.717) is 0 Å². The largest absolute Gasteiger partial charge is 0.339 e. The predicted octanol–water partition coefficient (Wildman–Crippen LogP) is 1.16. The summed E-state index contributed by atoms with van der Waals surface area (Å²) < 4.78 is 0. The van der Waals surface area contributed by atoms with Crippen molar-refractivity contribution in [2.45, 2.75) is 32.1 Å². The molecule has 1 aromatic heterocycles. The van der Waals surface area contributed by atoms with E-state index in [4.69, 9.17) is 4.98 Å². The molecule has 1 aliphatic heterocycles. The van der Waals surface area contributed by atoms with Gasteiger partial charge in [-0.3, -0.25) is 0 Å². The summed E-state index contributed by atoms with van der Waals surface area (Å²) in [4.78, 5) is 11.6. The summed E-state index contributed by atoms with van der Waals surface area (Å²) in [6, 6.07) is 0. The zero-order valence-corrected chi connectivity index (χ0v) is 10.3. The SMILES string of the molecule is c1nc(N2CCCNCC2)nc2c1CCCC2. The molecule has 4 heteroatoms. The van der Waals surface area contributed by atoms with E-state index in [2.05, 4.69) is 21.4 Å². The predicted molar refractivity (Wildman–Crippen MR) is 68.4 cm³/mol. The van der Waals surface area contributed by atoms with Gasteiger partial charge in [0.2, 0.25) is 5.95 Å². The minimum atomic E-state index is 0.939. The highest BCUT2D eigenvalue weighted by atomic mass is 15.3. The Labute approximate surface area is 102 Å². The maximum atomic E-state index is 4.77. The number of rotatable bonds is 1. The van der Waals surface area contributed by atoms with E-state index in [0.717, 1.165) is 45.0 Å². The number of anilines is 1. The summed E-state index contributed by atoms with van der Waals surface area (Å²) in [6.45, 7) is 4.26. The molecule has 0 saturated carbocycles. The molecule has 4 nitrogen and oxygen atoms in total. The fourth-order valence-electron chi connectivity index (χ4n) is 2.66. The minimum absolute atomic E-state index is 0.939. The molecule has 0 spiro atoms. The molecule has 0 bridgehead atoms.